The van der Waals surface area contributed by atoms with E-state index in [-0.39, 0.29) is 23.7 Å². The number of hydrogen-bond donors (Lipinski definition) is 0. The molecule has 0 N–H and O–H groups in total. The quantitative estimate of drug-likeness (QED) is 0.698. The zero-order valence-electron chi connectivity index (χ0n) is 12.8. The third-order valence-corrected chi connectivity index (χ3v) is 2.38. The minimum absolute atomic E-state index is 0.0899. The summed E-state index contributed by atoms with van der Waals surface area (Å²) in [6.07, 6.45) is 0.0901. The highest BCUT2D eigenvalue weighted by atomic mass is 14.7. The van der Waals surface area contributed by atoms with E-state index in [1.807, 2.05) is 51.1 Å². The monoisotopic (exact) mass is 214 g/mol. The Morgan fingerprint density at radius 1 is 1.06 bits per heavy atom. The highest BCUT2D eigenvalue weighted by Gasteiger charge is 2.13. The minimum Gasteiger partial charge on any atom is -0.256 e. The molecule has 0 spiro atoms. The van der Waals surface area contributed by atoms with Gasteiger partial charge in [0.2, 0.25) is 0 Å². The second-order valence-electron chi connectivity index (χ2n) is 4.81. The molecule has 0 amide bonds. The molecule has 0 aliphatic heterocycles. The normalized spacial score (nSPS) is 14.1. The first-order valence-corrected chi connectivity index (χ1v) is 5.36. The van der Waals surface area contributed by atoms with Crippen LogP contribution in [-0.2, 0) is 5.41 Å². The third-order valence-electron chi connectivity index (χ3n) is 2.38. The first kappa shape index (κ1) is 7.61. The Labute approximate surface area is 101 Å². The lowest BCUT2D eigenvalue weighted by Crippen LogP contribution is -2.11. The van der Waals surface area contributed by atoms with E-state index in [0.29, 0.717) is 11.3 Å². The minimum atomic E-state index is -0.355. The average molecular weight is 214 g/mol. The lowest BCUT2D eigenvalue weighted by atomic mass is 9.88. The molecule has 0 saturated carbocycles. The SMILES string of the molecule is [2H]c1nc(-c2ccccc2)c([2H])c([2H])c1C(C)(C)C. The molecule has 1 aromatic carbocycles. The standard InChI is InChI=1S/C15H17N/c1-15(2,3)13-9-10-14(16-11-13)12-7-5-4-6-8-12/h4-11H,1-3H3/i9D,10D,11D. The molecule has 0 atom stereocenters. The molecule has 0 unspecified atom stereocenters. The Balaban J connectivity index is 2.69. The maximum Gasteiger partial charge on any atom is 0.0843 e. The zero-order chi connectivity index (χ0) is 14.2. The van der Waals surface area contributed by atoms with E-state index in [1.165, 1.54) is 0 Å². The van der Waals surface area contributed by atoms with Crippen LogP contribution in [0.15, 0.2) is 48.6 Å². The van der Waals surface area contributed by atoms with Gasteiger partial charge in [-0.25, -0.2) is 0 Å². The maximum atomic E-state index is 8.13. The average Bonchev–Trinajstić information content (AvgIpc) is 2.33. The van der Waals surface area contributed by atoms with Gasteiger partial charge in [0.05, 0.1) is 9.81 Å². The van der Waals surface area contributed by atoms with Crippen molar-refractivity contribution in [3.8, 4) is 11.3 Å². The lowest BCUT2D eigenvalue weighted by Gasteiger charge is -2.18. The largest absolute Gasteiger partial charge is 0.256 e. The van der Waals surface area contributed by atoms with Crippen LogP contribution in [-0.4, -0.2) is 4.98 Å². The molecular weight excluding hydrogens is 194 g/mol. The second-order valence-corrected chi connectivity index (χ2v) is 4.81. The molecule has 1 heteroatoms. The first-order chi connectivity index (χ1) is 8.82. The maximum absolute atomic E-state index is 8.13. The van der Waals surface area contributed by atoms with Gasteiger partial charge in [-0.1, -0.05) is 57.1 Å². The summed E-state index contributed by atoms with van der Waals surface area (Å²) < 4.78 is 24.3. The topological polar surface area (TPSA) is 12.9 Å². The summed E-state index contributed by atoms with van der Waals surface area (Å²) in [6.45, 7) is 5.80. The molecule has 0 radical (unpaired) electrons. The van der Waals surface area contributed by atoms with Gasteiger partial charge in [-0.05, 0) is 17.0 Å². The van der Waals surface area contributed by atoms with Crippen molar-refractivity contribution in [2.24, 2.45) is 0 Å². The van der Waals surface area contributed by atoms with E-state index in [4.69, 9.17) is 4.11 Å². The second kappa shape index (κ2) is 4.09. The summed E-state index contributed by atoms with van der Waals surface area (Å²) in [5, 5.41) is 0. The molecule has 0 saturated heterocycles. The molecule has 2 rings (SSSR count). The molecule has 1 heterocycles. The van der Waals surface area contributed by atoms with Crippen LogP contribution in [0.25, 0.3) is 11.3 Å². The van der Waals surface area contributed by atoms with Gasteiger partial charge in [0.15, 0.2) is 0 Å². The summed E-state index contributed by atoms with van der Waals surface area (Å²) in [4.78, 5) is 4.23. The predicted octanol–water partition coefficient (Wildman–Crippen LogP) is 4.05. The number of hydrogen-bond acceptors (Lipinski definition) is 1. The van der Waals surface area contributed by atoms with Crippen molar-refractivity contribution in [1.82, 2.24) is 4.98 Å². The molecule has 1 aromatic heterocycles. The van der Waals surface area contributed by atoms with Crippen LogP contribution in [0, 0.1) is 0 Å². The van der Waals surface area contributed by atoms with E-state index in [9.17, 15) is 0 Å². The smallest absolute Gasteiger partial charge is 0.0843 e. The highest BCUT2D eigenvalue weighted by molar-refractivity contribution is 5.58. The first-order valence-electron chi connectivity index (χ1n) is 6.86. The third kappa shape index (κ3) is 2.30. The van der Waals surface area contributed by atoms with E-state index >= 15 is 0 Å². The van der Waals surface area contributed by atoms with E-state index < -0.39 is 0 Å². The number of pyridine rings is 1. The van der Waals surface area contributed by atoms with Gasteiger partial charge in [0, 0.05) is 11.7 Å². The van der Waals surface area contributed by atoms with Crippen LogP contribution in [0.1, 0.15) is 30.4 Å². The van der Waals surface area contributed by atoms with Crippen molar-refractivity contribution in [3.63, 3.8) is 0 Å². The van der Waals surface area contributed by atoms with Gasteiger partial charge in [-0.2, -0.15) is 0 Å². The zero-order valence-corrected chi connectivity index (χ0v) is 9.83. The lowest BCUT2D eigenvalue weighted by molar-refractivity contribution is 0.587. The molecule has 0 fully saturated rings. The fourth-order valence-corrected chi connectivity index (χ4v) is 1.38. The Hall–Kier alpha value is -1.63. The van der Waals surface area contributed by atoms with E-state index in [0.717, 1.165) is 5.56 Å². The van der Waals surface area contributed by atoms with Crippen molar-refractivity contribution < 1.29 is 4.11 Å². The number of nitrogens with zero attached hydrogens (tertiary/aromatic N) is 1. The van der Waals surface area contributed by atoms with Gasteiger partial charge >= 0.3 is 0 Å². The summed E-state index contributed by atoms with van der Waals surface area (Å²) in [6, 6.07) is 9.49. The number of rotatable bonds is 1. The molecule has 0 aliphatic carbocycles. The van der Waals surface area contributed by atoms with Crippen molar-refractivity contribution in [2.45, 2.75) is 26.2 Å². The summed E-state index contributed by atoms with van der Waals surface area (Å²) in [5.41, 5.74) is 1.35. The van der Waals surface area contributed by atoms with Crippen molar-refractivity contribution in [1.29, 1.82) is 0 Å². The Morgan fingerprint density at radius 3 is 2.38 bits per heavy atom. The number of benzene rings is 1. The molecular formula is C15H17N. The van der Waals surface area contributed by atoms with Gasteiger partial charge in [0.25, 0.3) is 0 Å². The van der Waals surface area contributed by atoms with E-state index in [1.54, 1.807) is 0 Å². The van der Waals surface area contributed by atoms with Gasteiger partial charge in [0.1, 0.15) is 0 Å². The van der Waals surface area contributed by atoms with Gasteiger partial charge < -0.3 is 0 Å². The molecule has 2 aromatic rings. The molecule has 82 valence electrons. The highest BCUT2D eigenvalue weighted by Crippen LogP contribution is 2.23. The Morgan fingerprint density at radius 2 is 1.75 bits per heavy atom. The van der Waals surface area contributed by atoms with Crippen LogP contribution in [0.3, 0.4) is 0 Å². The van der Waals surface area contributed by atoms with Crippen LogP contribution in [0.2, 0.25) is 0 Å². The van der Waals surface area contributed by atoms with Crippen LogP contribution in [0.5, 0.6) is 0 Å². The van der Waals surface area contributed by atoms with Crippen molar-refractivity contribution in [3.05, 3.63) is 54.2 Å². The van der Waals surface area contributed by atoms with Crippen LogP contribution < -0.4 is 0 Å². The Kier molecular flexibility index (Phi) is 1.95. The van der Waals surface area contributed by atoms with E-state index in [2.05, 4.69) is 4.98 Å². The Bertz CT molecular complexity index is 601. The predicted molar refractivity (Wildman–Crippen MR) is 68.4 cm³/mol. The van der Waals surface area contributed by atoms with Crippen LogP contribution >= 0.6 is 0 Å². The summed E-state index contributed by atoms with van der Waals surface area (Å²) in [5.74, 6) is 0. The molecule has 0 bridgehead atoms. The van der Waals surface area contributed by atoms with Gasteiger partial charge in [-0.3, -0.25) is 4.98 Å². The van der Waals surface area contributed by atoms with Crippen molar-refractivity contribution in [2.75, 3.05) is 0 Å². The molecule has 16 heavy (non-hydrogen) atoms. The fourth-order valence-electron chi connectivity index (χ4n) is 1.38. The summed E-state index contributed by atoms with van der Waals surface area (Å²) >= 11 is 0. The molecule has 0 aliphatic rings. The van der Waals surface area contributed by atoms with Gasteiger partial charge in [-0.15, -0.1) is 0 Å². The summed E-state index contributed by atoms with van der Waals surface area (Å²) in [7, 11) is 0. The number of aromatic nitrogens is 1. The molecule has 1 nitrogen and oxygen atoms in total. The van der Waals surface area contributed by atoms with Crippen LogP contribution in [0.4, 0.5) is 0 Å². The fraction of sp³-hybridized carbons (Fsp3) is 0.267. The van der Waals surface area contributed by atoms with Crippen molar-refractivity contribution >= 4 is 0 Å².